The zero-order valence-electron chi connectivity index (χ0n) is 22.5. The number of fused-ring (bicyclic) bond motifs is 1. The number of carbonyl (C=O) groups is 1. The number of carbonyl (C=O) groups excluding carboxylic acids is 1. The number of amides is 1. The number of nitrogens with one attached hydrogen (secondary N) is 1. The number of ether oxygens (including phenoxy) is 1. The minimum atomic E-state index is -2.23. The number of benzene rings is 2. The summed E-state index contributed by atoms with van der Waals surface area (Å²) in [5.41, 5.74) is 4.07. The summed E-state index contributed by atoms with van der Waals surface area (Å²) in [7, 11) is -0.418. The van der Waals surface area contributed by atoms with Crippen LogP contribution in [0.5, 0.6) is 5.75 Å². The van der Waals surface area contributed by atoms with Crippen LogP contribution < -0.4 is 19.9 Å². The molecule has 196 valence electrons. The van der Waals surface area contributed by atoms with Crippen molar-refractivity contribution >= 4 is 32.7 Å². The first-order valence-electron chi connectivity index (χ1n) is 12.4. The summed E-state index contributed by atoms with van der Waals surface area (Å²) in [5, 5.41) is 3.16. The summed E-state index contributed by atoms with van der Waals surface area (Å²) >= 11 is 0. The molecule has 1 heterocycles. The molecule has 1 amide bonds. The molecule has 3 rings (SSSR count). The van der Waals surface area contributed by atoms with Gasteiger partial charge in [-0.2, -0.15) is 0 Å². The highest BCUT2D eigenvalue weighted by atomic mass is 32.2. The van der Waals surface area contributed by atoms with E-state index in [1.54, 1.807) is 11.2 Å². The third-order valence-electron chi connectivity index (χ3n) is 5.75. The number of aryl methyl sites for hydroxylation is 1. The molecule has 36 heavy (non-hydrogen) atoms. The van der Waals surface area contributed by atoms with Crippen LogP contribution in [0.2, 0.25) is 0 Å². The van der Waals surface area contributed by atoms with Crippen molar-refractivity contribution in [2.75, 3.05) is 42.8 Å². The quantitative estimate of drug-likeness (QED) is 0.467. The van der Waals surface area contributed by atoms with Crippen molar-refractivity contribution in [3.8, 4) is 5.75 Å². The van der Waals surface area contributed by atoms with Crippen LogP contribution >= 0.6 is 0 Å². The largest absolute Gasteiger partial charge is 0.490 e. The summed E-state index contributed by atoms with van der Waals surface area (Å²) in [5.74, 6) is 4.59. The van der Waals surface area contributed by atoms with Crippen molar-refractivity contribution in [2.45, 2.75) is 45.4 Å². The van der Waals surface area contributed by atoms with Crippen LogP contribution in [0.4, 0.5) is 11.4 Å². The Morgan fingerprint density at radius 2 is 1.92 bits per heavy atom. The summed E-state index contributed by atoms with van der Waals surface area (Å²) in [6.07, 6.45) is 8.48. The molecule has 1 aliphatic heterocycles. The lowest BCUT2D eigenvalue weighted by Crippen LogP contribution is -2.34. The van der Waals surface area contributed by atoms with Gasteiger partial charge in [-0.1, -0.05) is 32.1 Å². The third kappa shape index (κ3) is 8.19. The fourth-order valence-corrected chi connectivity index (χ4v) is 4.49. The number of anilines is 2. The Morgan fingerprint density at radius 1 is 1.22 bits per heavy atom. The summed E-state index contributed by atoms with van der Waals surface area (Å²) in [4.78, 5) is 17.6. The molecule has 7 heteroatoms. The standard InChI is InChI=1S/C27H35N3O3S.C2H6/c1-6-15-28-19-21(2)20-30-16-17-33-26-13-10-23(18-25(26)30)29(3)27(31)14-9-22-7-11-24(12-8-22)34(4,5)32;1-2/h6-8,10-13,15,18-19,28H,4,9,14,16-17,20H2,1-3,5H3;1-2H3/b15-6-,21-19+;. The van der Waals surface area contributed by atoms with Crippen molar-refractivity contribution in [1.82, 2.24) is 5.32 Å². The summed E-state index contributed by atoms with van der Waals surface area (Å²) in [6, 6.07) is 13.4. The van der Waals surface area contributed by atoms with E-state index in [-0.39, 0.29) is 5.91 Å². The average Bonchev–Trinajstić information content (AvgIpc) is 2.88. The zero-order valence-corrected chi connectivity index (χ0v) is 23.4. The summed E-state index contributed by atoms with van der Waals surface area (Å²) in [6.45, 7) is 10.3. The van der Waals surface area contributed by atoms with Gasteiger partial charge in [0.15, 0.2) is 0 Å². The average molecular weight is 512 g/mol. The van der Waals surface area contributed by atoms with Gasteiger partial charge in [-0.05, 0) is 83.3 Å². The molecule has 0 aliphatic carbocycles. The predicted molar refractivity (Wildman–Crippen MR) is 155 cm³/mol. The molecule has 1 atom stereocenters. The highest BCUT2D eigenvalue weighted by Crippen LogP contribution is 2.35. The maximum absolute atomic E-state index is 12.9. The van der Waals surface area contributed by atoms with Gasteiger partial charge >= 0.3 is 0 Å². The first kappa shape index (κ1) is 29.0. The van der Waals surface area contributed by atoms with E-state index in [2.05, 4.69) is 23.0 Å². The van der Waals surface area contributed by atoms with Crippen LogP contribution in [-0.4, -0.2) is 49.0 Å². The minimum absolute atomic E-state index is 0.0374. The lowest BCUT2D eigenvalue weighted by atomic mass is 10.1. The van der Waals surface area contributed by atoms with Crippen LogP contribution in [0, 0.1) is 0 Å². The Balaban J connectivity index is 0.00000222. The van der Waals surface area contributed by atoms with E-state index >= 15 is 0 Å². The van der Waals surface area contributed by atoms with Gasteiger partial charge < -0.3 is 19.9 Å². The molecular weight excluding hydrogens is 470 g/mol. The van der Waals surface area contributed by atoms with Crippen LogP contribution in [0.15, 0.2) is 71.4 Å². The van der Waals surface area contributed by atoms with E-state index < -0.39 is 9.52 Å². The first-order valence-corrected chi connectivity index (χ1v) is 14.5. The topological polar surface area (TPSA) is 61.9 Å². The molecule has 0 bridgehead atoms. The van der Waals surface area contributed by atoms with Gasteiger partial charge in [-0.25, -0.2) is 0 Å². The molecule has 2 aromatic rings. The smallest absolute Gasteiger partial charge is 0.227 e. The molecule has 0 saturated carbocycles. The van der Waals surface area contributed by atoms with Crippen molar-refractivity contribution in [2.24, 2.45) is 0 Å². The van der Waals surface area contributed by atoms with E-state index in [0.717, 1.165) is 40.7 Å². The minimum Gasteiger partial charge on any atom is -0.490 e. The Morgan fingerprint density at radius 3 is 2.56 bits per heavy atom. The number of hydrogen-bond acceptors (Lipinski definition) is 5. The molecule has 0 fully saturated rings. The van der Waals surface area contributed by atoms with E-state index in [0.29, 0.717) is 19.4 Å². The Bertz CT molecular complexity index is 1170. The molecule has 0 radical (unpaired) electrons. The van der Waals surface area contributed by atoms with E-state index in [9.17, 15) is 9.00 Å². The van der Waals surface area contributed by atoms with Crippen molar-refractivity contribution in [1.29, 1.82) is 0 Å². The summed E-state index contributed by atoms with van der Waals surface area (Å²) < 4.78 is 17.9. The SMILES string of the molecule is C=S(C)(=O)c1ccc(CCC(=O)N(C)c2ccc3c(c2)N(C/C(C)=C/N/C=C\C)CCO3)cc1.CC. The monoisotopic (exact) mass is 511 g/mol. The molecule has 1 aliphatic rings. The van der Waals surface area contributed by atoms with Gasteiger partial charge in [0.2, 0.25) is 5.91 Å². The Labute approximate surface area is 217 Å². The molecule has 0 saturated heterocycles. The van der Waals surface area contributed by atoms with Gasteiger partial charge in [0.05, 0.1) is 12.2 Å². The van der Waals surface area contributed by atoms with Crippen LogP contribution in [0.1, 0.15) is 39.7 Å². The van der Waals surface area contributed by atoms with Crippen molar-refractivity contribution < 1.29 is 13.7 Å². The van der Waals surface area contributed by atoms with E-state index in [1.807, 2.05) is 88.8 Å². The zero-order chi connectivity index (χ0) is 26.7. The predicted octanol–water partition coefficient (Wildman–Crippen LogP) is 5.24. The van der Waals surface area contributed by atoms with Crippen molar-refractivity contribution in [3.63, 3.8) is 0 Å². The number of nitrogens with zero attached hydrogens (tertiary/aromatic N) is 2. The second-order valence-corrected chi connectivity index (χ2v) is 11.2. The lowest BCUT2D eigenvalue weighted by Gasteiger charge is -2.32. The molecule has 0 aromatic heterocycles. The highest BCUT2D eigenvalue weighted by Gasteiger charge is 2.21. The Hall–Kier alpha value is -3.19. The normalized spacial score (nSPS) is 14.7. The van der Waals surface area contributed by atoms with Gasteiger partial charge in [-0.3, -0.25) is 9.00 Å². The van der Waals surface area contributed by atoms with Gasteiger partial charge in [0.25, 0.3) is 0 Å². The fourth-order valence-electron chi connectivity index (χ4n) is 3.77. The first-order chi connectivity index (χ1) is 17.2. The molecule has 6 nitrogen and oxygen atoms in total. The number of allylic oxidation sites excluding steroid dienone is 1. The lowest BCUT2D eigenvalue weighted by molar-refractivity contribution is -0.118. The molecular formula is C29H41N3O3S. The van der Waals surface area contributed by atoms with E-state index in [1.165, 1.54) is 5.57 Å². The maximum atomic E-state index is 12.9. The Kier molecular flexibility index (Phi) is 11.1. The fraction of sp³-hybridized carbons (Fsp3) is 0.379. The maximum Gasteiger partial charge on any atom is 0.227 e. The number of hydrogen-bond donors (Lipinski definition) is 1. The van der Waals surface area contributed by atoms with Crippen molar-refractivity contribution in [3.05, 3.63) is 72.1 Å². The van der Waals surface area contributed by atoms with Gasteiger partial charge in [-0.15, -0.1) is 0 Å². The molecule has 1 unspecified atom stereocenters. The van der Waals surface area contributed by atoms with Gasteiger partial charge in [0, 0.05) is 43.1 Å². The van der Waals surface area contributed by atoms with Gasteiger partial charge in [0.1, 0.15) is 12.4 Å². The van der Waals surface area contributed by atoms with Crippen LogP contribution in [0.3, 0.4) is 0 Å². The molecule has 1 N–H and O–H groups in total. The number of rotatable bonds is 9. The third-order valence-corrected chi connectivity index (χ3v) is 7.02. The van der Waals surface area contributed by atoms with E-state index in [4.69, 9.17) is 4.74 Å². The second kappa shape index (κ2) is 13.8. The molecule has 2 aromatic carbocycles. The second-order valence-electron chi connectivity index (χ2n) is 8.68. The van der Waals surface area contributed by atoms with Crippen LogP contribution in [0.25, 0.3) is 0 Å². The van der Waals surface area contributed by atoms with Crippen LogP contribution in [-0.2, 0) is 20.7 Å². The highest BCUT2D eigenvalue weighted by molar-refractivity contribution is 7.99. The molecule has 0 spiro atoms.